The number of anilines is 1. The lowest BCUT2D eigenvalue weighted by Gasteiger charge is -2.14. The zero-order chi connectivity index (χ0) is 23.1. The number of hydrogen-bond donors (Lipinski definition) is 2. The molecule has 1 aliphatic rings. The number of fused-ring (bicyclic) bond motifs is 2. The molecule has 1 atom stereocenters. The SMILES string of the molecule is CCC(C)c1cnc2c(NCCc3c[nH]c4ccccc34)cc(-c3cncc(C4CC4)c3)cn12. The Morgan fingerprint density at radius 1 is 1.12 bits per heavy atom. The van der Waals surface area contributed by atoms with Crippen LogP contribution in [0.2, 0.25) is 0 Å². The van der Waals surface area contributed by atoms with E-state index >= 15 is 0 Å². The minimum absolute atomic E-state index is 0.445. The molecule has 0 spiro atoms. The molecule has 5 aromatic rings. The summed E-state index contributed by atoms with van der Waals surface area (Å²) < 4.78 is 2.28. The molecule has 2 N–H and O–H groups in total. The summed E-state index contributed by atoms with van der Waals surface area (Å²) in [5.74, 6) is 1.13. The largest absolute Gasteiger partial charge is 0.382 e. The van der Waals surface area contributed by atoms with E-state index in [1.54, 1.807) is 0 Å². The molecule has 6 rings (SSSR count). The fourth-order valence-corrected chi connectivity index (χ4v) is 4.89. The molecule has 4 heterocycles. The lowest BCUT2D eigenvalue weighted by molar-refractivity contribution is 0.701. The highest BCUT2D eigenvalue weighted by atomic mass is 15.0. The number of aromatic nitrogens is 4. The number of imidazole rings is 1. The van der Waals surface area contributed by atoms with Gasteiger partial charge in [-0.05, 0) is 66.8 Å². The van der Waals surface area contributed by atoms with Crippen LogP contribution in [0.1, 0.15) is 61.8 Å². The van der Waals surface area contributed by atoms with Gasteiger partial charge in [-0.25, -0.2) is 4.98 Å². The van der Waals surface area contributed by atoms with E-state index in [1.165, 1.54) is 51.7 Å². The van der Waals surface area contributed by atoms with Crippen molar-refractivity contribution in [3.8, 4) is 11.1 Å². The molecule has 0 saturated heterocycles. The average Bonchev–Trinajstić information content (AvgIpc) is 3.52. The Hall–Kier alpha value is -3.60. The van der Waals surface area contributed by atoms with Crippen molar-refractivity contribution in [1.29, 1.82) is 0 Å². The van der Waals surface area contributed by atoms with Crippen LogP contribution in [0, 0.1) is 0 Å². The highest BCUT2D eigenvalue weighted by molar-refractivity contribution is 5.83. The number of para-hydroxylation sites is 1. The smallest absolute Gasteiger partial charge is 0.160 e. The Labute approximate surface area is 200 Å². The first-order valence-corrected chi connectivity index (χ1v) is 12.5. The van der Waals surface area contributed by atoms with Crippen molar-refractivity contribution >= 4 is 22.2 Å². The van der Waals surface area contributed by atoms with Gasteiger partial charge in [-0.1, -0.05) is 32.0 Å². The first-order chi connectivity index (χ1) is 16.7. The highest BCUT2D eigenvalue weighted by Gasteiger charge is 2.24. The van der Waals surface area contributed by atoms with Gasteiger partial charge in [-0.3, -0.25) is 4.98 Å². The summed E-state index contributed by atoms with van der Waals surface area (Å²) in [7, 11) is 0. The van der Waals surface area contributed by atoms with E-state index in [0.29, 0.717) is 11.8 Å². The minimum atomic E-state index is 0.445. The average molecular weight is 450 g/mol. The Bertz CT molecular complexity index is 1460. The summed E-state index contributed by atoms with van der Waals surface area (Å²) in [5, 5.41) is 5.00. The molecular weight excluding hydrogens is 418 g/mol. The molecule has 5 nitrogen and oxygen atoms in total. The van der Waals surface area contributed by atoms with Crippen molar-refractivity contribution in [3.05, 3.63) is 84.2 Å². The first-order valence-electron chi connectivity index (χ1n) is 12.5. The lowest BCUT2D eigenvalue weighted by atomic mass is 10.0. The number of nitrogens with one attached hydrogen (secondary N) is 2. The molecule has 4 aromatic heterocycles. The molecule has 0 aliphatic heterocycles. The molecule has 1 saturated carbocycles. The topological polar surface area (TPSA) is 58.0 Å². The Morgan fingerprint density at radius 3 is 2.85 bits per heavy atom. The van der Waals surface area contributed by atoms with Gasteiger partial charge in [0.15, 0.2) is 5.65 Å². The van der Waals surface area contributed by atoms with Gasteiger partial charge in [0, 0.05) is 65.3 Å². The van der Waals surface area contributed by atoms with Crippen molar-refractivity contribution in [2.24, 2.45) is 0 Å². The van der Waals surface area contributed by atoms with E-state index < -0.39 is 0 Å². The maximum absolute atomic E-state index is 4.82. The normalized spacial score (nSPS) is 14.6. The third-order valence-corrected chi connectivity index (χ3v) is 7.28. The van der Waals surface area contributed by atoms with Crippen LogP contribution in [0.3, 0.4) is 0 Å². The molecule has 0 radical (unpaired) electrons. The second kappa shape index (κ2) is 8.64. The predicted octanol–water partition coefficient (Wildman–Crippen LogP) is 6.92. The summed E-state index contributed by atoms with van der Waals surface area (Å²) in [6.07, 6.45) is 15.0. The third kappa shape index (κ3) is 3.85. The maximum Gasteiger partial charge on any atom is 0.160 e. The summed E-state index contributed by atoms with van der Waals surface area (Å²) in [4.78, 5) is 12.8. The van der Waals surface area contributed by atoms with Crippen LogP contribution in [-0.4, -0.2) is 25.9 Å². The molecule has 1 fully saturated rings. The molecule has 1 aliphatic carbocycles. The van der Waals surface area contributed by atoms with E-state index in [4.69, 9.17) is 4.98 Å². The summed E-state index contributed by atoms with van der Waals surface area (Å²) >= 11 is 0. The van der Waals surface area contributed by atoms with Crippen molar-refractivity contribution in [1.82, 2.24) is 19.4 Å². The van der Waals surface area contributed by atoms with Crippen LogP contribution in [0.5, 0.6) is 0 Å². The second-order valence-electron chi connectivity index (χ2n) is 9.65. The van der Waals surface area contributed by atoms with Gasteiger partial charge < -0.3 is 14.7 Å². The van der Waals surface area contributed by atoms with Crippen molar-refractivity contribution in [2.75, 3.05) is 11.9 Å². The Morgan fingerprint density at radius 2 is 2.00 bits per heavy atom. The van der Waals surface area contributed by atoms with Gasteiger partial charge in [0.2, 0.25) is 0 Å². The molecule has 0 bridgehead atoms. The van der Waals surface area contributed by atoms with E-state index in [1.807, 2.05) is 18.6 Å². The summed E-state index contributed by atoms with van der Waals surface area (Å²) in [5.41, 5.74) is 9.56. The molecular formula is C29H31N5. The van der Waals surface area contributed by atoms with Crippen molar-refractivity contribution in [2.45, 2.75) is 51.4 Å². The van der Waals surface area contributed by atoms with Crippen molar-refractivity contribution < 1.29 is 0 Å². The van der Waals surface area contributed by atoms with Gasteiger partial charge in [0.25, 0.3) is 0 Å². The number of rotatable bonds is 8. The number of benzene rings is 1. The van der Waals surface area contributed by atoms with Crippen LogP contribution in [0.15, 0.2) is 67.4 Å². The van der Waals surface area contributed by atoms with Crippen LogP contribution in [0.25, 0.3) is 27.7 Å². The fraction of sp³-hybridized carbons (Fsp3) is 0.310. The zero-order valence-corrected chi connectivity index (χ0v) is 19.9. The van der Waals surface area contributed by atoms with Gasteiger partial charge in [-0.2, -0.15) is 0 Å². The number of pyridine rings is 2. The van der Waals surface area contributed by atoms with E-state index in [0.717, 1.165) is 30.7 Å². The fourth-order valence-electron chi connectivity index (χ4n) is 4.89. The van der Waals surface area contributed by atoms with E-state index in [2.05, 4.69) is 82.3 Å². The molecule has 0 amide bonds. The standard InChI is InChI=1S/C29H31N5/c1-3-19(2)28-17-33-29-27(31-11-10-21-16-32-26-7-5-4-6-25(21)26)13-24(18-34(28)29)23-12-22(14-30-15-23)20-8-9-20/h4-7,12-20,31-32H,3,8-11H2,1-2H3. The molecule has 172 valence electrons. The number of hydrogen-bond acceptors (Lipinski definition) is 3. The van der Waals surface area contributed by atoms with Gasteiger partial charge >= 0.3 is 0 Å². The number of aromatic amines is 1. The van der Waals surface area contributed by atoms with E-state index in [9.17, 15) is 0 Å². The maximum atomic E-state index is 4.82. The minimum Gasteiger partial charge on any atom is -0.382 e. The number of nitrogens with zero attached hydrogens (tertiary/aromatic N) is 3. The molecule has 34 heavy (non-hydrogen) atoms. The molecule has 1 unspecified atom stereocenters. The highest BCUT2D eigenvalue weighted by Crippen LogP contribution is 2.41. The van der Waals surface area contributed by atoms with Gasteiger partial charge in [0.1, 0.15) is 0 Å². The number of H-pyrrole nitrogens is 1. The molecule has 5 heteroatoms. The van der Waals surface area contributed by atoms with E-state index in [-0.39, 0.29) is 0 Å². The van der Waals surface area contributed by atoms with Gasteiger partial charge in [-0.15, -0.1) is 0 Å². The Kier molecular flexibility index (Phi) is 5.33. The quantitative estimate of drug-likeness (QED) is 0.270. The second-order valence-corrected chi connectivity index (χ2v) is 9.65. The van der Waals surface area contributed by atoms with Crippen molar-refractivity contribution in [3.63, 3.8) is 0 Å². The lowest BCUT2D eigenvalue weighted by Crippen LogP contribution is -2.07. The molecule has 1 aromatic carbocycles. The monoisotopic (exact) mass is 449 g/mol. The van der Waals surface area contributed by atoms with Crippen LogP contribution in [0.4, 0.5) is 5.69 Å². The predicted molar refractivity (Wildman–Crippen MR) is 140 cm³/mol. The Balaban J connectivity index is 1.35. The summed E-state index contributed by atoms with van der Waals surface area (Å²) in [6, 6.07) is 13.1. The first kappa shape index (κ1) is 21.0. The van der Waals surface area contributed by atoms with Crippen LogP contribution in [-0.2, 0) is 6.42 Å². The van der Waals surface area contributed by atoms with Crippen LogP contribution < -0.4 is 5.32 Å². The summed E-state index contributed by atoms with van der Waals surface area (Å²) in [6.45, 7) is 5.35. The zero-order valence-electron chi connectivity index (χ0n) is 19.9. The third-order valence-electron chi connectivity index (χ3n) is 7.28. The van der Waals surface area contributed by atoms with Crippen LogP contribution >= 0.6 is 0 Å². The van der Waals surface area contributed by atoms with Gasteiger partial charge in [0.05, 0.1) is 5.69 Å².